The van der Waals surface area contributed by atoms with Gasteiger partial charge < -0.3 is 4.90 Å². The molecule has 6 heteroatoms. The molecule has 4 rings (SSSR count). The smallest absolute Gasteiger partial charge is 0.324 e. The topological polar surface area (TPSA) is 40.5 Å². The van der Waals surface area contributed by atoms with Crippen molar-refractivity contribution in [2.45, 2.75) is 71.6 Å². The molecule has 32 heavy (non-hydrogen) atoms. The van der Waals surface area contributed by atoms with E-state index in [0.29, 0.717) is 19.1 Å². The summed E-state index contributed by atoms with van der Waals surface area (Å²) in [6, 6.07) is 7.04. The van der Waals surface area contributed by atoms with E-state index in [-0.39, 0.29) is 11.1 Å². The van der Waals surface area contributed by atoms with Gasteiger partial charge in [0.05, 0.1) is 5.52 Å². The second-order valence-corrected chi connectivity index (χ2v) is 16.2. The molecule has 1 aliphatic heterocycles. The minimum Gasteiger partial charge on any atom is -0.324 e. The Morgan fingerprint density at radius 3 is 2.53 bits per heavy atom. The van der Waals surface area contributed by atoms with Crippen molar-refractivity contribution in [2.75, 3.05) is 32.1 Å². The predicted molar refractivity (Wildman–Crippen MR) is 139 cm³/mol. The molecule has 0 fully saturated rings. The average molecular weight is 453 g/mol. The van der Waals surface area contributed by atoms with Crippen molar-refractivity contribution in [2.24, 2.45) is 0 Å². The highest BCUT2D eigenvalue weighted by molar-refractivity contribution is 6.92. The maximum atomic E-state index is 13.2. The summed E-state index contributed by atoms with van der Waals surface area (Å²) in [5.74, 6) is 0. The monoisotopic (exact) mass is 452 g/mol. The van der Waals surface area contributed by atoms with Crippen LogP contribution in [0.25, 0.3) is 16.5 Å². The van der Waals surface area contributed by atoms with Crippen LogP contribution in [-0.4, -0.2) is 61.3 Å². The molecule has 2 aliphatic rings. The van der Waals surface area contributed by atoms with E-state index in [4.69, 9.17) is 0 Å². The van der Waals surface area contributed by atoms with Gasteiger partial charge in [0.1, 0.15) is 8.07 Å². The van der Waals surface area contributed by atoms with Gasteiger partial charge in [0, 0.05) is 36.4 Å². The van der Waals surface area contributed by atoms with Gasteiger partial charge in [-0.3, -0.25) is 9.58 Å². The molecule has 0 radical (unpaired) electrons. The standard InChI is InChI=1S/C26H40N4OSi/c1-9-29(10-2)25(31)27-30-21-15-11-13-19-18-14-12-16-28(6)22(18)17-20(23(19)21)24(30)32(7,8)26(3,4)5/h11,13-15,22H,9-10,12,16-17H2,1-8H3,(H,27,31)/t22-/m1/s1. The van der Waals surface area contributed by atoms with Crippen LogP contribution in [0.1, 0.15) is 52.2 Å². The van der Waals surface area contributed by atoms with Crippen LogP contribution in [0.15, 0.2) is 24.3 Å². The molecule has 2 heterocycles. The van der Waals surface area contributed by atoms with Crippen molar-refractivity contribution in [1.29, 1.82) is 0 Å². The lowest BCUT2D eigenvalue weighted by Crippen LogP contribution is -2.57. The number of amides is 2. The van der Waals surface area contributed by atoms with Crippen molar-refractivity contribution >= 4 is 35.9 Å². The van der Waals surface area contributed by atoms with Crippen LogP contribution in [0.2, 0.25) is 18.1 Å². The van der Waals surface area contributed by atoms with Gasteiger partial charge in [-0.25, -0.2) is 10.2 Å². The number of aromatic nitrogens is 1. The molecule has 2 aromatic rings. The fraction of sp³-hybridized carbons (Fsp3) is 0.577. The summed E-state index contributed by atoms with van der Waals surface area (Å²) in [7, 11) is 0.286. The Balaban J connectivity index is 2.01. The molecular formula is C26H40N4OSi. The summed E-state index contributed by atoms with van der Waals surface area (Å²) >= 11 is 0. The Morgan fingerprint density at radius 1 is 1.22 bits per heavy atom. The third-order valence-corrected chi connectivity index (χ3v) is 13.7. The highest BCUT2D eigenvalue weighted by atomic mass is 28.3. The van der Waals surface area contributed by atoms with Crippen molar-refractivity contribution in [1.82, 2.24) is 14.5 Å². The highest BCUT2D eigenvalue weighted by Crippen LogP contribution is 2.43. The van der Waals surface area contributed by atoms with Gasteiger partial charge in [0.2, 0.25) is 0 Å². The number of carbonyl (C=O) groups excluding carboxylic acids is 1. The van der Waals surface area contributed by atoms with E-state index < -0.39 is 8.07 Å². The first-order valence-corrected chi connectivity index (χ1v) is 15.2. The fourth-order valence-electron chi connectivity index (χ4n) is 5.36. The first kappa shape index (κ1) is 23.1. The lowest BCUT2D eigenvalue weighted by Gasteiger charge is -2.41. The van der Waals surface area contributed by atoms with Gasteiger partial charge in [-0.2, -0.15) is 0 Å². The molecular weight excluding hydrogens is 412 g/mol. The molecule has 0 saturated carbocycles. The molecule has 0 saturated heterocycles. The van der Waals surface area contributed by atoms with Gasteiger partial charge in [0.25, 0.3) is 0 Å². The number of benzene rings is 1. The minimum absolute atomic E-state index is 0.0168. The maximum absolute atomic E-state index is 13.2. The molecule has 1 N–H and O–H groups in total. The van der Waals surface area contributed by atoms with Crippen molar-refractivity contribution in [3.05, 3.63) is 35.4 Å². The zero-order valence-electron chi connectivity index (χ0n) is 21.2. The maximum Gasteiger partial charge on any atom is 0.336 e. The third kappa shape index (κ3) is 3.43. The zero-order chi connectivity index (χ0) is 23.4. The second kappa shape index (κ2) is 8.06. The lowest BCUT2D eigenvalue weighted by molar-refractivity contribution is 0.214. The molecule has 1 aromatic carbocycles. The van der Waals surface area contributed by atoms with E-state index in [2.05, 4.69) is 80.2 Å². The summed E-state index contributed by atoms with van der Waals surface area (Å²) in [5, 5.41) is 2.89. The van der Waals surface area contributed by atoms with Crippen LogP contribution in [0.3, 0.4) is 0 Å². The average Bonchev–Trinajstić information content (AvgIpc) is 3.04. The van der Waals surface area contributed by atoms with E-state index in [9.17, 15) is 4.79 Å². The molecule has 0 bridgehead atoms. The third-order valence-electron chi connectivity index (χ3n) is 8.27. The predicted octanol–water partition coefficient (Wildman–Crippen LogP) is 5.01. The van der Waals surface area contributed by atoms with Crippen LogP contribution < -0.4 is 10.7 Å². The minimum atomic E-state index is -1.97. The molecule has 174 valence electrons. The van der Waals surface area contributed by atoms with Gasteiger partial charge >= 0.3 is 6.03 Å². The number of likely N-dealkylation sites (N-methyl/N-ethyl adjacent to an activating group) is 1. The SMILES string of the molecule is CCN(CC)C(=O)Nn1c([Si](C)(C)C(C)(C)C)c2c3c(cccc31)C1=CCCN(C)[C@@H]1C2. The highest BCUT2D eigenvalue weighted by Gasteiger charge is 2.45. The van der Waals surface area contributed by atoms with Crippen LogP contribution in [0.5, 0.6) is 0 Å². The first-order chi connectivity index (χ1) is 15.0. The van der Waals surface area contributed by atoms with Gasteiger partial charge in [-0.15, -0.1) is 0 Å². The Morgan fingerprint density at radius 2 is 1.91 bits per heavy atom. The quantitative estimate of drug-likeness (QED) is 0.663. The Kier molecular flexibility index (Phi) is 5.83. The second-order valence-electron chi connectivity index (χ2n) is 11.0. The van der Waals surface area contributed by atoms with E-state index in [0.717, 1.165) is 24.9 Å². The molecule has 1 aromatic heterocycles. The Hall–Kier alpha value is -2.05. The van der Waals surface area contributed by atoms with Crippen LogP contribution in [-0.2, 0) is 6.42 Å². The number of fused-ring (bicyclic) bond motifs is 2. The van der Waals surface area contributed by atoms with E-state index in [1.807, 2.05) is 18.7 Å². The molecule has 0 spiro atoms. The Bertz CT molecular complexity index is 1070. The summed E-state index contributed by atoms with van der Waals surface area (Å²) in [6.45, 7) is 18.6. The number of hydrogen-bond acceptors (Lipinski definition) is 2. The summed E-state index contributed by atoms with van der Waals surface area (Å²) in [5.41, 5.74) is 8.76. The fourth-order valence-corrected chi connectivity index (χ4v) is 7.79. The largest absolute Gasteiger partial charge is 0.336 e. The first-order valence-electron chi connectivity index (χ1n) is 12.2. The van der Waals surface area contributed by atoms with Gasteiger partial charge in [-0.05, 0) is 61.5 Å². The summed E-state index contributed by atoms with van der Waals surface area (Å²) < 4.78 is 2.18. The molecule has 2 amide bonds. The number of carbonyl (C=O) groups is 1. The number of nitrogens with zero attached hydrogens (tertiary/aromatic N) is 3. The molecule has 5 nitrogen and oxygen atoms in total. The van der Waals surface area contributed by atoms with E-state index in [1.54, 1.807) is 0 Å². The number of rotatable bonds is 4. The lowest BCUT2D eigenvalue weighted by atomic mass is 9.82. The Labute approximate surface area is 194 Å². The van der Waals surface area contributed by atoms with Crippen LogP contribution >= 0.6 is 0 Å². The van der Waals surface area contributed by atoms with Gasteiger partial charge in [-0.1, -0.05) is 52.1 Å². The number of nitrogens with one attached hydrogen (secondary N) is 1. The van der Waals surface area contributed by atoms with Gasteiger partial charge in [0.15, 0.2) is 0 Å². The van der Waals surface area contributed by atoms with E-state index >= 15 is 0 Å². The molecule has 1 aliphatic carbocycles. The molecule has 0 unspecified atom stereocenters. The van der Waals surface area contributed by atoms with Crippen LogP contribution in [0, 0.1) is 0 Å². The van der Waals surface area contributed by atoms with Crippen molar-refractivity contribution in [3.63, 3.8) is 0 Å². The van der Waals surface area contributed by atoms with Crippen molar-refractivity contribution in [3.8, 4) is 0 Å². The summed E-state index contributed by atoms with van der Waals surface area (Å²) in [6.07, 6.45) is 4.56. The summed E-state index contributed by atoms with van der Waals surface area (Å²) in [4.78, 5) is 17.6. The normalized spacial score (nSPS) is 19.0. The van der Waals surface area contributed by atoms with Crippen LogP contribution in [0.4, 0.5) is 4.79 Å². The van der Waals surface area contributed by atoms with E-state index in [1.165, 1.54) is 27.4 Å². The van der Waals surface area contributed by atoms with Crippen molar-refractivity contribution < 1.29 is 4.79 Å². The number of hydrogen-bond donors (Lipinski definition) is 1. The zero-order valence-corrected chi connectivity index (χ0v) is 22.2. The molecule has 1 atom stereocenters. The number of urea groups is 1.